The van der Waals surface area contributed by atoms with Crippen molar-refractivity contribution >= 4 is 16.8 Å². The molecule has 0 radical (unpaired) electrons. The van der Waals surface area contributed by atoms with Gasteiger partial charge in [-0.15, -0.1) is 0 Å². The zero-order valence-electron chi connectivity index (χ0n) is 11.6. The van der Waals surface area contributed by atoms with Crippen molar-refractivity contribution in [3.8, 4) is 0 Å². The molecule has 0 fully saturated rings. The maximum atomic E-state index is 11.5. The van der Waals surface area contributed by atoms with Gasteiger partial charge in [0.2, 0.25) is 5.91 Å². The third kappa shape index (κ3) is 2.76. The number of carbonyl (C=O) groups excluding carboxylic acids is 1. The standard InChI is InChI=1S/C14H20N4O/c1-4-18-13-8-6-5-7-11(13)12(17-18)9-16-10(2)14(19)15-3/h5-8,10,16H,4,9H2,1-3H3,(H,15,19). The fraction of sp³-hybridized carbons (Fsp3) is 0.429. The molecule has 5 heteroatoms. The second-order valence-corrected chi connectivity index (χ2v) is 4.50. The fourth-order valence-corrected chi connectivity index (χ4v) is 2.13. The van der Waals surface area contributed by atoms with Crippen LogP contribution in [0.5, 0.6) is 0 Å². The van der Waals surface area contributed by atoms with E-state index in [1.165, 1.54) is 0 Å². The molecule has 0 spiro atoms. The van der Waals surface area contributed by atoms with E-state index in [1.54, 1.807) is 7.05 Å². The second-order valence-electron chi connectivity index (χ2n) is 4.50. The number of rotatable bonds is 5. The SMILES string of the molecule is CCn1nc(CNC(C)C(=O)NC)c2ccccc21. The van der Waals surface area contributed by atoms with Gasteiger partial charge in [0, 0.05) is 25.5 Å². The number of fused-ring (bicyclic) bond motifs is 1. The van der Waals surface area contributed by atoms with Gasteiger partial charge in [0.05, 0.1) is 17.3 Å². The van der Waals surface area contributed by atoms with Gasteiger partial charge in [0.25, 0.3) is 0 Å². The maximum Gasteiger partial charge on any atom is 0.236 e. The highest BCUT2D eigenvalue weighted by Gasteiger charge is 2.13. The lowest BCUT2D eigenvalue weighted by molar-refractivity contribution is -0.122. The molecule has 1 heterocycles. The minimum atomic E-state index is -0.226. The summed E-state index contributed by atoms with van der Waals surface area (Å²) in [6.45, 7) is 5.34. The fourth-order valence-electron chi connectivity index (χ4n) is 2.13. The van der Waals surface area contributed by atoms with Crippen molar-refractivity contribution < 1.29 is 4.79 Å². The van der Waals surface area contributed by atoms with Crippen LogP contribution >= 0.6 is 0 Å². The summed E-state index contributed by atoms with van der Waals surface area (Å²) in [5.74, 6) is -0.0146. The number of nitrogens with one attached hydrogen (secondary N) is 2. The lowest BCUT2D eigenvalue weighted by atomic mass is 10.2. The van der Waals surface area contributed by atoms with Gasteiger partial charge in [-0.3, -0.25) is 9.48 Å². The van der Waals surface area contributed by atoms with Crippen LogP contribution < -0.4 is 10.6 Å². The average molecular weight is 260 g/mol. The Morgan fingerprint density at radius 1 is 1.42 bits per heavy atom. The van der Waals surface area contributed by atoms with Gasteiger partial charge in [-0.05, 0) is 19.9 Å². The number of nitrogens with zero attached hydrogens (tertiary/aromatic N) is 2. The number of amides is 1. The Balaban J connectivity index is 2.19. The van der Waals surface area contributed by atoms with E-state index in [1.807, 2.05) is 23.7 Å². The summed E-state index contributed by atoms with van der Waals surface area (Å²) in [4.78, 5) is 11.5. The summed E-state index contributed by atoms with van der Waals surface area (Å²) in [6, 6.07) is 7.93. The van der Waals surface area contributed by atoms with Crippen molar-refractivity contribution in [3.63, 3.8) is 0 Å². The van der Waals surface area contributed by atoms with Gasteiger partial charge >= 0.3 is 0 Å². The first-order valence-corrected chi connectivity index (χ1v) is 6.56. The Morgan fingerprint density at radius 3 is 2.84 bits per heavy atom. The zero-order valence-corrected chi connectivity index (χ0v) is 11.6. The van der Waals surface area contributed by atoms with Crippen LogP contribution in [0, 0.1) is 0 Å². The van der Waals surface area contributed by atoms with Crippen molar-refractivity contribution in [2.75, 3.05) is 7.05 Å². The van der Waals surface area contributed by atoms with Crippen LogP contribution in [0.1, 0.15) is 19.5 Å². The predicted octanol–water partition coefficient (Wildman–Crippen LogP) is 1.28. The molecule has 1 unspecified atom stereocenters. The first-order chi connectivity index (χ1) is 9.17. The van der Waals surface area contributed by atoms with Crippen molar-refractivity contribution in [3.05, 3.63) is 30.0 Å². The number of aryl methyl sites for hydroxylation is 1. The molecule has 0 aliphatic rings. The molecule has 2 aromatic rings. The molecule has 0 saturated heterocycles. The quantitative estimate of drug-likeness (QED) is 0.851. The highest BCUT2D eigenvalue weighted by molar-refractivity contribution is 5.82. The normalized spacial score (nSPS) is 12.6. The van der Waals surface area contributed by atoms with Gasteiger partial charge in [-0.1, -0.05) is 18.2 Å². The molecule has 0 bridgehead atoms. The van der Waals surface area contributed by atoms with E-state index in [0.29, 0.717) is 6.54 Å². The van der Waals surface area contributed by atoms with Crippen LogP contribution in [0.15, 0.2) is 24.3 Å². The van der Waals surface area contributed by atoms with E-state index in [0.717, 1.165) is 23.1 Å². The summed E-state index contributed by atoms with van der Waals surface area (Å²) in [6.07, 6.45) is 0. The Hall–Kier alpha value is -1.88. The number of hydrogen-bond donors (Lipinski definition) is 2. The summed E-state index contributed by atoms with van der Waals surface area (Å²) in [5, 5.41) is 11.5. The van der Waals surface area contributed by atoms with Crippen LogP contribution in [0.2, 0.25) is 0 Å². The molecule has 0 aliphatic heterocycles. The van der Waals surface area contributed by atoms with E-state index in [4.69, 9.17) is 0 Å². The highest BCUT2D eigenvalue weighted by atomic mass is 16.2. The van der Waals surface area contributed by atoms with Gasteiger partial charge in [0.1, 0.15) is 0 Å². The Labute approximate surface area is 113 Å². The number of aromatic nitrogens is 2. The summed E-state index contributed by atoms with van der Waals surface area (Å²) in [7, 11) is 1.64. The second kappa shape index (κ2) is 5.84. The van der Waals surface area contributed by atoms with Gasteiger partial charge in [-0.2, -0.15) is 5.10 Å². The smallest absolute Gasteiger partial charge is 0.236 e. The minimum absolute atomic E-state index is 0.0146. The van der Waals surface area contributed by atoms with Crippen molar-refractivity contribution in [2.24, 2.45) is 0 Å². The van der Waals surface area contributed by atoms with Crippen molar-refractivity contribution in [2.45, 2.75) is 33.0 Å². The lowest BCUT2D eigenvalue weighted by Crippen LogP contribution is -2.40. The molecule has 0 aliphatic carbocycles. The topological polar surface area (TPSA) is 59.0 Å². The van der Waals surface area contributed by atoms with Crippen LogP contribution in [0.4, 0.5) is 0 Å². The number of para-hydroxylation sites is 1. The Bertz CT molecular complexity index is 576. The van der Waals surface area contributed by atoms with Gasteiger partial charge in [-0.25, -0.2) is 0 Å². The van der Waals surface area contributed by atoms with Gasteiger partial charge < -0.3 is 10.6 Å². The number of likely N-dealkylation sites (N-methyl/N-ethyl adjacent to an activating group) is 1. The molecule has 1 atom stereocenters. The Kier molecular flexibility index (Phi) is 4.16. The first kappa shape index (κ1) is 13.5. The molecule has 19 heavy (non-hydrogen) atoms. The molecule has 2 N–H and O–H groups in total. The number of hydrogen-bond acceptors (Lipinski definition) is 3. The van der Waals surface area contributed by atoms with Crippen LogP contribution in [0.3, 0.4) is 0 Å². The summed E-state index contributed by atoms with van der Waals surface area (Å²) >= 11 is 0. The molecule has 2 rings (SSSR count). The third-order valence-corrected chi connectivity index (χ3v) is 3.25. The highest BCUT2D eigenvalue weighted by Crippen LogP contribution is 2.18. The monoisotopic (exact) mass is 260 g/mol. The van der Waals surface area contributed by atoms with Crippen molar-refractivity contribution in [1.29, 1.82) is 0 Å². The Morgan fingerprint density at radius 2 is 2.16 bits per heavy atom. The van der Waals surface area contributed by atoms with E-state index < -0.39 is 0 Å². The van der Waals surface area contributed by atoms with Crippen LogP contribution in [-0.2, 0) is 17.9 Å². The third-order valence-electron chi connectivity index (χ3n) is 3.25. The van der Waals surface area contributed by atoms with Gasteiger partial charge in [0.15, 0.2) is 0 Å². The van der Waals surface area contributed by atoms with Crippen LogP contribution in [0.25, 0.3) is 10.9 Å². The maximum absolute atomic E-state index is 11.5. The van der Waals surface area contributed by atoms with Crippen LogP contribution in [-0.4, -0.2) is 28.8 Å². The van der Waals surface area contributed by atoms with E-state index in [2.05, 4.69) is 34.8 Å². The molecule has 5 nitrogen and oxygen atoms in total. The minimum Gasteiger partial charge on any atom is -0.358 e. The van der Waals surface area contributed by atoms with E-state index in [-0.39, 0.29) is 11.9 Å². The average Bonchev–Trinajstić information content (AvgIpc) is 2.82. The summed E-state index contributed by atoms with van der Waals surface area (Å²) in [5.41, 5.74) is 2.11. The van der Waals surface area contributed by atoms with E-state index >= 15 is 0 Å². The molecular formula is C14H20N4O. The lowest BCUT2D eigenvalue weighted by Gasteiger charge is -2.10. The zero-order chi connectivity index (χ0) is 13.8. The molecule has 0 saturated carbocycles. The predicted molar refractivity (Wildman–Crippen MR) is 75.8 cm³/mol. The summed E-state index contributed by atoms with van der Waals surface area (Å²) < 4.78 is 1.98. The number of benzene rings is 1. The molecule has 1 aromatic carbocycles. The van der Waals surface area contributed by atoms with E-state index in [9.17, 15) is 4.79 Å². The molecular weight excluding hydrogens is 240 g/mol. The van der Waals surface area contributed by atoms with Crippen molar-refractivity contribution in [1.82, 2.24) is 20.4 Å². The molecule has 1 amide bonds. The molecule has 1 aromatic heterocycles. The molecule has 102 valence electrons. The first-order valence-electron chi connectivity index (χ1n) is 6.56. The number of carbonyl (C=O) groups is 1. The largest absolute Gasteiger partial charge is 0.358 e.